The molecular weight excluding hydrogens is 300 g/mol. The van der Waals surface area contributed by atoms with Crippen molar-refractivity contribution < 1.29 is 10.0 Å². The van der Waals surface area contributed by atoms with Gasteiger partial charge in [-0.25, -0.2) is 10.5 Å². The van der Waals surface area contributed by atoms with Gasteiger partial charge in [-0.2, -0.15) is 11.8 Å². The van der Waals surface area contributed by atoms with Gasteiger partial charge in [0, 0.05) is 12.1 Å². The highest BCUT2D eigenvalue weighted by atomic mass is 32.2. The smallest absolute Gasteiger partial charge is 0.262 e. The molecule has 2 rings (SSSR count). The van der Waals surface area contributed by atoms with E-state index in [0.717, 1.165) is 36.4 Å². The molecule has 1 amide bonds. The van der Waals surface area contributed by atoms with Crippen molar-refractivity contribution in [2.24, 2.45) is 0 Å². The molecule has 120 valence electrons. The maximum absolute atomic E-state index is 11.2. The summed E-state index contributed by atoms with van der Waals surface area (Å²) in [5.74, 6) is 1.21. The first-order chi connectivity index (χ1) is 10.7. The van der Waals surface area contributed by atoms with Gasteiger partial charge in [0.1, 0.15) is 11.5 Å². The monoisotopic (exact) mass is 322 g/mol. The van der Waals surface area contributed by atoms with Crippen LogP contribution in [-0.2, 0) is 17.6 Å². The molecule has 0 aromatic carbocycles. The molecule has 7 heteroatoms. The Morgan fingerprint density at radius 2 is 2.23 bits per heavy atom. The van der Waals surface area contributed by atoms with E-state index in [0.29, 0.717) is 5.82 Å². The second-order valence-electron chi connectivity index (χ2n) is 5.00. The van der Waals surface area contributed by atoms with Gasteiger partial charge < -0.3 is 5.32 Å². The van der Waals surface area contributed by atoms with Gasteiger partial charge in [0.15, 0.2) is 0 Å². The zero-order valence-corrected chi connectivity index (χ0v) is 13.7. The van der Waals surface area contributed by atoms with Crippen LogP contribution in [-0.4, -0.2) is 39.1 Å². The standard InChI is InChI=1S/C15H22N4O2S/c1-3-5-11-6-4-7-13-17-15(16-10-14(20)18-21)12(19(11)13)8-9-22-2/h4,6-7,16,21H,3,5,8-10H2,1-2H3,(H,18,20). The molecule has 2 aromatic heterocycles. The van der Waals surface area contributed by atoms with E-state index in [2.05, 4.69) is 33.9 Å². The van der Waals surface area contributed by atoms with Crippen molar-refractivity contribution in [3.05, 3.63) is 29.6 Å². The van der Waals surface area contributed by atoms with Crippen LogP contribution in [0, 0.1) is 0 Å². The van der Waals surface area contributed by atoms with Gasteiger partial charge in [-0.3, -0.25) is 14.4 Å². The summed E-state index contributed by atoms with van der Waals surface area (Å²) in [6, 6.07) is 6.10. The molecule has 0 unspecified atom stereocenters. The van der Waals surface area contributed by atoms with Crippen molar-refractivity contribution in [3.63, 3.8) is 0 Å². The van der Waals surface area contributed by atoms with E-state index in [4.69, 9.17) is 5.21 Å². The highest BCUT2D eigenvalue weighted by molar-refractivity contribution is 7.98. The van der Waals surface area contributed by atoms with Crippen LogP contribution < -0.4 is 10.8 Å². The van der Waals surface area contributed by atoms with Crippen LogP contribution in [0.2, 0.25) is 0 Å². The molecule has 0 atom stereocenters. The fraction of sp³-hybridized carbons (Fsp3) is 0.467. The SMILES string of the molecule is CCCc1cccc2nc(NCC(=O)NO)c(CCSC)n12. The number of aromatic nitrogens is 2. The molecule has 0 bridgehead atoms. The van der Waals surface area contributed by atoms with Crippen molar-refractivity contribution in [2.75, 3.05) is 23.9 Å². The summed E-state index contributed by atoms with van der Waals surface area (Å²) in [5, 5.41) is 11.6. The largest absolute Gasteiger partial charge is 0.359 e. The van der Waals surface area contributed by atoms with Crippen LogP contribution in [0.5, 0.6) is 0 Å². The zero-order valence-electron chi connectivity index (χ0n) is 12.9. The summed E-state index contributed by atoms with van der Waals surface area (Å²) in [6.45, 7) is 2.15. The van der Waals surface area contributed by atoms with Gasteiger partial charge in [-0.15, -0.1) is 0 Å². The molecule has 0 aliphatic carbocycles. The Kier molecular flexibility index (Phi) is 6.09. The third kappa shape index (κ3) is 3.72. The Hall–Kier alpha value is -1.73. The van der Waals surface area contributed by atoms with E-state index >= 15 is 0 Å². The molecule has 0 radical (unpaired) electrons. The predicted molar refractivity (Wildman–Crippen MR) is 89.7 cm³/mol. The summed E-state index contributed by atoms with van der Waals surface area (Å²) >= 11 is 1.78. The van der Waals surface area contributed by atoms with Gasteiger partial charge in [0.2, 0.25) is 0 Å². The van der Waals surface area contributed by atoms with E-state index in [1.807, 2.05) is 12.1 Å². The van der Waals surface area contributed by atoms with Crippen molar-refractivity contribution >= 4 is 29.1 Å². The molecule has 6 nitrogen and oxygen atoms in total. The first-order valence-electron chi connectivity index (χ1n) is 7.36. The van der Waals surface area contributed by atoms with Crippen molar-refractivity contribution in [1.29, 1.82) is 0 Å². The molecule has 0 saturated carbocycles. The number of carbonyl (C=O) groups excluding carboxylic acids is 1. The number of hydrogen-bond donors (Lipinski definition) is 3. The fourth-order valence-corrected chi connectivity index (χ4v) is 2.85. The third-order valence-electron chi connectivity index (χ3n) is 3.41. The van der Waals surface area contributed by atoms with Crippen LogP contribution in [0.25, 0.3) is 5.65 Å². The van der Waals surface area contributed by atoms with Crippen molar-refractivity contribution in [1.82, 2.24) is 14.9 Å². The van der Waals surface area contributed by atoms with Gasteiger partial charge in [-0.05, 0) is 30.6 Å². The van der Waals surface area contributed by atoms with Crippen LogP contribution in [0.15, 0.2) is 18.2 Å². The lowest BCUT2D eigenvalue weighted by atomic mass is 10.2. The summed E-state index contributed by atoms with van der Waals surface area (Å²) in [7, 11) is 0. The lowest BCUT2D eigenvalue weighted by molar-refractivity contribution is -0.127. The average molecular weight is 322 g/mol. The molecule has 3 N–H and O–H groups in total. The van der Waals surface area contributed by atoms with E-state index in [9.17, 15) is 4.79 Å². The molecule has 0 aliphatic rings. The topological polar surface area (TPSA) is 78.7 Å². The van der Waals surface area contributed by atoms with E-state index in [1.165, 1.54) is 5.69 Å². The van der Waals surface area contributed by atoms with Gasteiger partial charge in [0.05, 0.1) is 12.2 Å². The number of hydroxylamine groups is 1. The maximum atomic E-state index is 11.2. The Morgan fingerprint density at radius 3 is 2.91 bits per heavy atom. The maximum Gasteiger partial charge on any atom is 0.262 e. The Labute approximate surface area is 134 Å². The van der Waals surface area contributed by atoms with Gasteiger partial charge >= 0.3 is 0 Å². The summed E-state index contributed by atoms with van der Waals surface area (Å²) in [5.41, 5.74) is 4.81. The van der Waals surface area contributed by atoms with Crippen molar-refractivity contribution in [2.45, 2.75) is 26.2 Å². The molecule has 22 heavy (non-hydrogen) atoms. The number of rotatable bonds is 8. The Bertz CT molecular complexity index is 642. The highest BCUT2D eigenvalue weighted by Crippen LogP contribution is 2.22. The summed E-state index contributed by atoms with van der Waals surface area (Å²) < 4.78 is 2.18. The van der Waals surface area contributed by atoms with Crippen LogP contribution in [0.4, 0.5) is 5.82 Å². The molecule has 0 fully saturated rings. The second kappa shape index (κ2) is 8.05. The highest BCUT2D eigenvalue weighted by Gasteiger charge is 2.15. The normalized spacial score (nSPS) is 10.9. The number of imidazole rings is 1. The number of fused-ring (bicyclic) bond motifs is 1. The fourth-order valence-electron chi connectivity index (χ4n) is 2.45. The van der Waals surface area contributed by atoms with E-state index < -0.39 is 5.91 Å². The minimum Gasteiger partial charge on any atom is -0.359 e. The Morgan fingerprint density at radius 1 is 1.41 bits per heavy atom. The molecule has 0 saturated heterocycles. The number of amides is 1. The second-order valence-corrected chi connectivity index (χ2v) is 5.98. The van der Waals surface area contributed by atoms with Crippen LogP contribution in [0.1, 0.15) is 24.7 Å². The minimum absolute atomic E-state index is 0.00421. The number of hydrogen-bond acceptors (Lipinski definition) is 5. The molecule has 0 spiro atoms. The number of thioether (sulfide) groups is 1. The van der Waals surface area contributed by atoms with E-state index in [-0.39, 0.29) is 6.54 Å². The van der Waals surface area contributed by atoms with Crippen molar-refractivity contribution in [3.8, 4) is 0 Å². The lowest BCUT2D eigenvalue weighted by Crippen LogP contribution is -2.27. The zero-order chi connectivity index (χ0) is 15.9. The molecular formula is C15H22N4O2S. The van der Waals surface area contributed by atoms with Gasteiger partial charge in [-0.1, -0.05) is 19.4 Å². The third-order valence-corrected chi connectivity index (χ3v) is 4.02. The average Bonchev–Trinajstić information content (AvgIpc) is 2.89. The summed E-state index contributed by atoms with van der Waals surface area (Å²) in [6.07, 6.45) is 4.99. The molecule has 0 aliphatic heterocycles. The Balaban J connectivity index is 2.40. The molecule has 2 heterocycles. The number of nitrogens with one attached hydrogen (secondary N) is 2. The number of nitrogens with zero attached hydrogens (tertiary/aromatic N) is 2. The number of carbonyl (C=O) groups is 1. The first-order valence-corrected chi connectivity index (χ1v) is 8.75. The first kappa shape index (κ1) is 16.6. The number of aryl methyl sites for hydroxylation is 2. The molecule has 2 aromatic rings. The number of pyridine rings is 1. The van der Waals surface area contributed by atoms with Crippen LogP contribution >= 0.6 is 11.8 Å². The number of anilines is 1. The van der Waals surface area contributed by atoms with Gasteiger partial charge in [0.25, 0.3) is 5.91 Å². The minimum atomic E-state index is -0.485. The predicted octanol–water partition coefficient (Wildman–Crippen LogP) is 2.11. The quantitative estimate of drug-likeness (QED) is 0.512. The summed E-state index contributed by atoms with van der Waals surface area (Å²) in [4.78, 5) is 15.8. The lowest BCUT2D eigenvalue weighted by Gasteiger charge is -2.09. The van der Waals surface area contributed by atoms with E-state index in [1.54, 1.807) is 17.2 Å². The van der Waals surface area contributed by atoms with Crippen LogP contribution in [0.3, 0.4) is 0 Å².